The molecule has 0 radical (unpaired) electrons. The lowest BCUT2D eigenvalue weighted by Crippen LogP contribution is -1.90. The Hall–Kier alpha value is -1.45. The highest BCUT2D eigenvalue weighted by atomic mass is 16.6. The molecule has 0 aromatic carbocycles. The molecule has 0 spiro atoms. The lowest BCUT2D eigenvalue weighted by atomic mass is 10.2. The van der Waals surface area contributed by atoms with Crippen LogP contribution in [0.15, 0.2) is 18.5 Å². The molecule has 1 aromatic heterocycles. The molecule has 0 saturated heterocycles. The molecule has 0 bridgehead atoms. The zero-order valence-electron chi connectivity index (χ0n) is 6.15. The second-order valence-corrected chi connectivity index (χ2v) is 2.16. The van der Waals surface area contributed by atoms with Crippen LogP contribution in [0.1, 0.15) is 12.5 Å². The molecular weight excluding hydrogens is 144 g/mol. The van der Waals surface area contributed by atoms with Crippen molar-refractivity contribution in [2.75, 3.05) is 0 Å². The van der Waals surface area contributed by atoms with E-state index in [-0.39, 0.29) is 5.69 Å². The van der Waals surface area contributed by atoms with Crippen molar-refractivity contribution in [2.45, 2.75) is 13.3 Å². The van der Waals surface area contributed by atoms with Crippen molar-refractivity contribution in [2.24, 2.45) is 0 Å². The maximum atomic E-state index is 10.2. The first kappa shape index (κ1) is 7.65. The summed E-state index contributed by atoms with van der Waals surface area (Å²) < 4.78 is 0. The minimum Gasteiger partial charge on any atom is -0.258 e. The van der Waals surface area contributed by atoms with E-state index in [9.17, 15) is 10.1 Å². The van der Waals surface area contributed by atoms with Crippen LogP contribution in [0, 0.1) is 10.1 Å². The van der Waals surface area contributed by atoms with E-state index in [0.29, 0.717) is 0 Å². The van der Waals surface area contributed by atoms with Crippen molar-refractivity contribution in [1.29, 1.82) is 0 Å². The summed E-state index contributed by atoms with van der Waals surface area (Å²) >= 11 is 0. The highest BCUT2D eigenvalue weighted by Gasteiger charge is 2.04. The van der Waals surface area contributed by atoms with Crippen molar-refractivity contribution in [3.8, 4) is 0 Å². The van der Waals surface area contributed by atoms with Gasteiger partial charge in [0.15, 0.2) is 0 Å². The van der Waals surface area contributed by atoms with Crippen molar-refractivity contribution >= 4 is 5.69 Å². The van der Waals surface area contributed by atoms with Crippen LogP contribution in [0.3, 0.4) is 0 Å². The van der Waals surface area contributed by atoms with Crippen molar-refractivity contribution < 1.29 is 4.92 Å². The summed E-state index contributed by atoms with van der Waals surface area (Å²) in [6.45, 7) is 1.93. The Bertz CT molecular complexity index is 273. The van der Waals surface area contributed by atoms with Crippen LogP contribution in [0.4, 0.5) is 5.69 Å². The summed E-state index contributed by atoms with van der Waals surface area (Å²) in [6, 6.07) is 1.53. The first-order valence-corrected chi connectivity index (χ1v) is 3.32. The normalized spacial score (nSPS) is 9.55. The number of hydrogen-bond acceptors (Lipinski definition) is 3. The summed E-state index contributed by atoms with van der Waals surface area (Å²) in [6.07, 6.45) is 3.65. The smallest absolute Gasteiger partial charge is 0.258 e. The molecule has 58 valence electrons. The van der Waals surface area contributed by atoms with Gasteiger partial charge in [-0.3, -0.25) is 15.1 Å². The second-order valence-electron chi connectivity index (χ2n) is 2.16. The minimum atomic E-state index is -0.438. The van der Waals surface area contributed by atoms with E-state index in [1.807, 2.05) is 6.92 Å². The average Bonchev–Trinajstić information content (AvgIpc) is 2.05. The van der Waals surface area contributed by atoms with Crippen LogP contribution in [0.2, 0.25) is 0 Å². The number of rotatable bonds is 2. The lowest BCUT2D eigenvalue weighted by Gasteiger charge is -1.93. The predicted octanol–water partition coefficient (Wildman–Crippen LogP) is 1.55. The van der Waals surface area contributed by atoms with Crippen LogP contribution in [0.5, 0.6) is 0 Å². The minimum absolute atomic E-state index is 0.0596. The van der Waals surface area contributed by atoms with Gasteiger partial charge in [0.05, 0.1) is 4.92 Å². The van der Waals surface area contributed by atoms with E-state index < -0.39 is 4.92 Å². The first-order chi connectivity index (χ1) is 5.24. The van der Waals surface area contributed by atoms with Gasteiger partial charge in [0.1, 0.15) is 6.20 Å². The standard InChI is InChI=1S/C7H8N2O2/c1-2-6-3-7(9(10)11)5-8-4-6/h3-5H,2H2,1H3. The molecule has 4 heteroatoms. The summed E-state index contributed by atoms with van der Waals surface area (Å²) in [4.78, 5) is 13.5. The van der Waals surface area contributed by atoms with E-state index in [0.717, 1.165) is 12.0 Å². The van der Waals surface area contributed by atoms with Gasteiger partial charge in [0.2, 0.25) is 0 Å². The number of hydrogen-bond donors (Lipinski definition) is 0. The van der Waals surface area contributed by atoms with Crippen LogP contribution in [0.25, 0.3) is 0 Å². The zero-order chi connectivity index (χ0) is 8.27. The fourth-order valence-electron chi connectivity index (χ4n) is 0.767. The molecule has 0 N–H and O–H groups in total. The maximum absolute atomic E-state index is 10.2. The molecule has 1 aromatic rings. The third-order valence-corrected chi connectivity index (χ3v) is 1.40. The Morgan fingerprint density at radius 1 is 1.64 bits per heavy atom. The molecule has 0 unspecified atom stereocenters. The maximum Gasteiger partial charge on any atom is 0.287 e. The second kappa shape index (κ2) is 3.09. The Morgan fingerprint density at radius 2 is 2.36 bits per heavy atom. The molecule has 0 aliphatic heterocycles. The average molecular weight is 152 g/mol. The molecule has 0 atom stereocenters. The van der Waals surface area contributed by atoms with Gasteiger partial charge in [-0.15, -0.1) is 0 Å². The molecule has 0 amide bonds. The van der Waals surface area contributed by atoms with Gasteiger partial charge in [-0.25, -0.2) is 0 Å². The van der Waals surface area contributed by atoms with Crippen LogP contribution in [-0.2, 0) is 6.42 Å². The quantitative estimate of drug-likeness (QED) is 0.477. The predicted molar refractivity (Wildman–Crippen MR) is 40.3 cm³/mol. The van der Waals surface area contributed by atoms with Crippen molar-refractivity contribution in [3.05, 3.63) is 34.1 Å². The Labute approximate surface area is 64.0 Å². The summed E-state index contributed by atoms with van der Waals surface area (Å²) in [5.41, 5.74) is 0.948. The third kappa shape index (κ3) is 1.73. The number of aromatic nitrogens is 1. The van der Waals surface area contributed by atoms with Gasteiger partial charge in [0, 0.05) is 12.3 Å². The number of nitrogens with zero attached hydrogens (tertiary/aromatic N) is 2. The molecule has 1 rings (SSSR count). The first-order valence-electron chi connectivity index (χ1n) is 3.32. The van der Waals surface area contributed by atoms with Gasteiger partial charge in [-0.05, 0) is 12.0 Å². The number of aryl methyl sites for hydroxylation is 1. The van der Waals surface area contributed by atoms with Crippen LogP contribution < -0.4 is 0 Å². The fourth-order valence-corrected chi connectivity index (χ4v) is 0.767. The van der Waals surface area contributed by atoms with Crippen LogP contribution >= 0.6 is 0 Å². The Morgan fingerprint density at radius 3 is 2.91 bits per heavy atom. The van der Waals surface area contributed by atoms with E-state index in [4.69, 9.17) is 0 Å². The Kier molecular flexibility index (Phi) is 2.15. The van der Waals surface area contributed by atoms with Crippen molar-refractivity contribution in [3.63, 3.8) is 0 Å². The SMILES string of the molecule is CCc1cncc([N+](=O)[O-])c1. The molecule has 0 saturated carbocycles. The molecule has 0 aliphatic rings. The van der Waals surface area contributed by atoms with E-state index in [2.05, 4.69) is 4.98 Å². The highest BCUT2D eigenvalue weighted by molar-refractivity contribution is 5.29. The highest BCUT2D eigenvalue weighted by Crippen LogP contribution is 2.10. The van der Waals surface area contributed by atoms with Gasteiger partial charge in [-0.2, -0.15) is 0 Å². The van der Waals surface area contributed by atoms with Gasteiger partial charge < -0.3 is 0 Å². The Balaban J connectivity index is 3.01. The zero-order valence-corrected chi connectivity index (χ0v) is 6.15. The molecule has 1 heterocycles. The van der Waals surface area contributed by atoms with Crippen molar-refractivity contribution in [1.82, 2.24) is 4.98 Å². The molecule has 11 heavy (non-hydrogen) atoms. The molecule has 0 aliphatic carbocycles. The summed E-state index contributed by atoms with van der Waals surface area (Å²) in [7, 11) is 0. The molecule has 0 fully saturated rings. The third-order valence-electron chi connectivity index (χ3n) is 1.40. The fraction of sp³-hybridized carbons (Fsp3) is 0.286. The molecular formula is C7H8N2O2. The topological polar surface area (TPSA) is 56.0 Å². The van der Waals surface area contributed by atoms with E-state index >= 15 is 0 Å². The molecule has 4 nitrogen and oxygen atoms in total. The van der Waals surface area contributed by atoms with Gasteiger partial charge >= 0.3 is 0 Å². The van der Waals surface area contributed by atoms with Gasteiger partial charge in [-0.1, -0.05) is 6.92 Å². The van der Waals surface area contributed by atoms with E-state index in [1.165, 1.54) is 12.3 Å². The lowest BCUT2D eigenvalue weighted by molar-refractivity contribution is -0.385. The van der Waals surface area contributed by atoms with Gasteiger partial charge in [0.25, 0.3) is 5.69 Å². The van der Waals surface area contributed by atoms with E-state index in [1.54, 1.807) is 6.20 Å². The van der Waals surface area contributed by atoms with Crippen LogP contribution in [-0.4, -0.2) is 9.91 Å². The number of nitro groups is 1. The number of pyridine rings is 1. The largest absolute Gasteiger partial charge is 0.287 e. The summed E-state index contributed by atoms with van der Waals surface area (Å²) in [5.74, 6) is 0. The monoisotopic (exact) mass is 152 g/mol. The summed E-state index contributed by atoms with van der Waals surface area (Å²) in [5, 5.41) is 10.2.